The minimum absolute atomic E-state index is 0.235. The molecule has 1 aliphatic rings. The molecular formula is C11H16N2O2. The van der Waals surface area contributed by atoms with E-state index in [0.717, 1.165) is 24.5 Å². The van der Waals surface area contributed by atoms with Gasteiger partial charge in [0.2, 0.25) is 0 Å². The minimum Gasteiger partial charge on any atom is -0.490 e. The van der Waals surface area contributed by atoms with Crippen molar-refractivity contribution < 1.29 is 9.84 Å². The molecule has 0 spiro atoms. The van der Waals surface area contributed by atoms with E-state index in [1.54, 1.807) is 6.20 Å². The predicted octanol–water partition coefficient (Wildman–Crippen LogP) is 1.05. The van der Waals surface area contributed by atoms with Crippen LogP contribution in [-0.2, 0) is 0 Å². The van der Waals surface area contributed by atoms with Gasteiger partial charge in [-0.2, -0.15) is 0 Å². The van der Waals surface area contributed by atoms with Crippen molar-refractivity contribution in [2.75, 3.05) is 24.6 Å². The van der Waals surface area contributed by atoms with E-state index in [-0.39, 0.29) is 6.10 Å². The van der Waals surface area contributed by atoms with E-state index < -0.39 is 0 Å². The molecule has 1 aromatic heterocycles. The van der Waals surface area contributed by atoms with Crippen molar-refractivity contribution in [1.29, 1.82) is 0 Å². The Morgan fingerprint density at radius 2 is 2.53 bits per heavy atom. The second-order valence-corrected chi connectivity index (χ2v) is 3.65. The Morgan fingerprint density at radius 1 is 1.67 bits per heavy atom. The van der Waals surface area contributed by atoms with Gasteiger partial charge in [0.25, 0.3) is 0 Å². The fraction of sp³-hybridized carbons (Fsp3) is 0.545. The average Bonchev–Trinajstić information content (AvgIpc) is 2.66. The molecule has 0 bridgehead atoms. The van der Waals surface area contributed by atoms with Crippen molar-refractivity contribution in [3.8, 4) is 5.75 Å². The number of rotatable bonds is 3. The molecule has 0 aliphatic carbocycles. The second kappa shape index (κ2) is 4.49. The summed E-state index contributed by atoms with van der Waals surface area (Å²) in [6.07, 6.45) is 2.33. The standard InChI is InChI=1S/C11H16N2O2/c1-2-15-10-4-3-6-12-11(10)13-7-5-9(14)8-13/h3-4,6,9,14H,2,5,7-8H2,1H3/t9-/m1/s1. The van der Waals surface area contributed by atoms with Gasteiger partial charge in [-0.3, -0.25) is 0 Å². The molecule has 1 N–H and O–H groups in total. The molecule has 1 saturated heterocycles. The maximum absolute atomic E-state index is 9.47. The van der Waals surface area contributed by atoms with Crippen LogP contribution in [0.3, 0.4) is 0 Å². The summed E-state index contributed by atoms with van der Waals surface area (Å²) >= 11 is 0. The molecule has 0 radical (unpaired) electrons. The van der Waals surface area contributed by atoms with Crippen LogP contribution in [0.5, 0.6) is 5.75 Å². The third-order valence-corrected chi connectivity index (χ3v) is 2.51. The van der Waals surface area contributed by atoms with Gasteiger partial charge in [-0.05, 0) is 25.5 Å². The summed E-state index contributed by atoms with van der Waals surface area (Å²) in [4.78, 5) is 6.37. The van der Waals surface area contributed by atoms with Gasteiger partial charge < -0.3 is 14.7 Å². The summed E-state index contributed by atoms with van der Waals surface area (Å²) < 4.78 is 5.50. The van der Waals surface area contributed by atoms with Crippen molar-refractivity contribution in [2.45, 2.75) is 19.4 Å². The summed E-state index contributed by atoms with van der Waals surface area (Å²) in [6.45, 7) is 4.08. The highest BCUT2D eigenvalue weighted by molar-refractivity contribution is 5.52. The van der Waals surface area contributed by atoms with E-state index in [1.807, 2.05) is 19.1 Å². The van der Waals surface area contributed by atoms with E-state index >= 15 is 0 Å². The topological polar surface area (TPSA) is 45.6 Å². The number of hydrogen-bond acceptors (Lipinski definition) is 4. The van der Waals surface area contributed by atoms with Crippen molar-refractivity contribution in [3.05, 3.63) is 18.3 Å². The monoisotopic (exact) mass is 208 g/mol. The number of aliphatic hydroxyl groups is 1. The molecule has 0 amide bonds. The van der Waals surface area contributed by atoms with E-state index in [2.05, 4.69) is 9.88 Å². The molecule has 1 fully saturated rings. The van der Waals surface area contributed by atoms with Crippen LogP contribution in [-0.4, -0.2) is 35.9 Å². The van der Waals surface area contributed by atoms with Gasteiger partial charge in [0, 0.05) is 19.3 Å². The first kappa shape index (κ1) is 10.2. The van der Waals surface area contributed by atoms with Crippen LogP contribution in [0.15, 0.2) is 18.3 Å². The van der Waals surface area contributed by atoms with Crippen molar-refractivity contribution >= 4 is 5.82 Å². The highest BCUT2D eigenvalue weighted by Gasteiger charge is 2.23. The van der Waals surface area contributed by atoms with Crippen LogP contribution in [0.1, 0.15) is 13.3 Å². The van der Waals surface area contributed by atoms with Gasteiger partial charge in [-0.1, -0.05) is 0 Å². The molecule has 4 heteroatoms. The zero-order valence-corrected chi connectivity index (χ0v) is 8.89. The van der Waals surface area contributed by atoms with Gasteiger partial charge in [0.15, 0.2) is 11.6 Å². The van der Waals surface area contributed by atoms with Crippen LogP contribution >= 0.6 is 0 Å². The Kier molecular flexibility index (Phi) is 3.06. The average molecular weight is 208 g/mol. The van der Waals surface area contributed by atoms with Gasteiger partial charge in [0.05, 0.1) is 12.7 Å². The Balaban J connectivity index is 2.19. The maximum atomic E-state index is 9.47. The zero-order valence-electron chi connectivity index (χ0n) is 8.89. The molecule has 2 heterocycles. The molecular weight excluding hydrogens is 192 g/mol. The first-order valence-electron chi connectivity index (χ1n) is 5.32. The highest BCUT2D eigenvalue weighted by atomic mass is 16.5. The van der Waals surface area contributed by atoms with E-state index in [4.69, 9.17) is 4.74 Å². The molecule has 0 unspecified atom stereocenters. The number of β-amino-alcohol motifs (C(OH)–C–C–N with tert-alkyl or cyclic N) is 1. The molecule has 0 aromatic carbocycles. The molecule has 1 atom stereocenters. The molecule has 1 aliphatic heterocycles. The van der Waals surface area contributed by atoms with E-state index in [0.29, 0.717) is 13.2 Å². The highest BCUT2D eigenvalue weighted by Crippen LogP contribution is 2.27. The Bertz CT molecular complexity index is 330. The van der Waals surface area contributed by atoms with Crippen molar-refractivity contribution in [2.24, 2.45) is 0 Å². The molecule has 15 heavy (non-hydrogen) atoms. The fourth-order valence-corrected chi connectivity index (χ4v) is 1.82. The molecule has 2 rings (SSSR count). The Morgan fingerprint density at radius 3 is 3.20 bits per heavy atom. The SMILES string of the molecule is CCOc1cccnc1N1CC[C@@H](O)C1. The smallest absolute Gasteiger partial charge is 0.171 e. The minimum atomic E-state index is -0.235. The summed E-state index contributed by atoms with van der Waals surface area (Å²) in [5.41, 5.74) is 0. The van der Waals surface area contributed by atoms with Gasteiger partial charge in [-0.25, -0.2) is 4.98 Å². The third-order valence-electron chi connectivity index (χ3n) is 2.51. The lowest BCUT2D eigenvalue weighted by molar-refractivity contribution is 0.198. The fourth-order valence-electron chi connectivity index (χ4n) is 1.82. The lowest BCUT2D eigenvalue weighted by Crippen LogP contribution is -2.22. The lowest BCUT2D eigenvalue weighted by Gasteiger charge is -2.19. The second-order valence-electron chi connectivity index (χ2n) is 3.65. The Hall–Kier alpha value is -1.29. The molecule has 4 nitrogen and oxygen atoms in total. The number of aliphatic hydroxyl groups excluding tert-OH is 1. The summed E-state index contributed by atoms with van der Waals surface area (Å²) in [6, 6.07) is 3.78. The van der Waals surface area contributed by atoms with Gasteiger partial charge in [0.1, 0.15) is 0 Å². The molecule has 1 aromatic rings. The predicted molar refractivity (Wildman–Crippen MR) is 58.2 cm³/mol. The number of pyridine rings is 1. The van der Waals surface area contributed by atoms with Crippen molar-refractivity contribution in [3.63, 3.8) is 0 Å². The number of nitrogens with zero attached hydrogens (tertiary/aromatic N) is 2. The first-order valence-corrected chi connectivity index (χ1v) is 5.32. The van der Waals surface area contributed by atoms with Gasteiger partial charge in [-0.15, -0.1) is 0 Å². The van der Waals surface area contributed by atoms with Gasteiger partial charge >= 0.3 is 0 Å². The summed E-state index contributed by atoms with van der Waals surface area (Å²) in [7, 11) is 0. The van der Waals surface area contributed by atoms with E-state index in [1.165, 1.54) is 0 Å². The number of ether oxygens (including phenoxy) is 1. The normalized spacial score (nSPS) is 20.7. The van der Waals surface area contributed by atoms with E-state index in [9.17, 15) is 5.11 Å². The largest absolute Gasteiger partial charge is 0.490 e. The molecule has 82 valence electrons. The van der Waals surface area contributed by atoms with Crippen LogP contribution in [0, 0.1) is 0 Å². The quantitative estimate of drug-likeness (QED) is 0.806. The zero-order chi connectivity index (χ0) is 10.7. The summed E-state index contributed by atoms with van der Waals surface area (Å²) in [5.74, 6) is 1.64. The van der Waals surface area contributed by atoms with Crippen LogP contribution in [0.25, 0.3) is 0 Å². The van der Waals surface area contributed by atoms with Crippen molar-refractivity contribution in [1.82, 2.24) is 4.98 Å². The first-order chi connectivity index (χ1) is 7.31. The number of anilines is 1. The number of aromatic nitrogens is 1. The third kappa shape index (κ3) is 2.21. The summed E-state index contributed by atoms with van der Waals surface area (Å²) in [5, 5.41) is 9.47. The lowest BCUT2D eigenvalue weighted by atomic mass is 10.3. The Labute approximate surface area is 89.5 Å². The van der Waals surface area contributed by atoms with Crippen LogP contribution < -0.4 is 9.64 Å². The number of hydrogen-bond donors (Lipinski definition) is 1. The maximum Gasteiger partial charge on any atom is 0.171 e. The van der Waals surface area contributed by atoms with Crippen LogP contribution in [0.4, 0.5) is 5.82 Å². The van der Waals surface area contributed by atoms with Crippen LogP contribution in [0.2, 0.25) is 0 Å². The molecule has 0 saturated carbocycles.